The van der Waals surface area contributed by atoms with E-state index in [-0.39, 0.29) is 35.7 Å². The Morgan fingerprint density at radius 2 is 1.39 bits per heavy atom. The van der Waals surface area contributed by atoms with Crippen molar-refractivity contribution < 1.29 is 33.4 Å². The standard InChI is InChI=1S/C45H55N9O7/c1-25(2)37(50-44(57)59-5)41(55)52-18-10-14-34(52)32-24-47-40(49-32)36-22-30-21-29-20-28(16-17-33(29)54(30)43(61-36)27-12-8-7-9-13-27)31-23-46-39(48-31)35-15-11-19-53(35)42(56)38(26(3)4)51-45(58)60-6/h7-9,12-13,16-17,20-21,23-26,34-38,43H,10-11,14-15,18-19,22H2,1-6H3,(H,46,48)(H,47,49)(H,50,57)(H,51,58)/t34-,35-,36?,37?,38?,43-/m0/s1. The molecule has 0 radical (unpaired) electrons. The van der Waals surface area contributed by atoms with Gasteiger partial charge >= 0.3 is 12.2 Å². The van der Waals surface area contributed by atoms with Gasteiger partial charge in [-0.3, -0.25) is 9.59 Å². The van der Waals surface area contributed by atoms with Gasteiger partial charge in [-0.2, -0.15) is 0 Å². The molecule has 3 aromatic heterocycles. The van der Waals surface area contributed by atoms with E-state index in [1.165, 1.54) is 14.2 Å². The molecule has 6 atom stereocenters. The zero-order chi connectivity index (χ0) is 42.9. The van der Waals surface area contributed by atoms with Crippen LogP contribution in [-0.4, -0.2) is 97.7 Å². The van der Waals surface area contributed by atoms with Gasteiger partial charge in [0.25, 0.3) is 0 Å². The summed E-state index contributed by atoms with van der Waals surface area (Å²) in [6, 6.07) is 16.8. The van der Waals surface area contributed by atoms with Crippen LogP contribution < -0.4 is 10.6 Å². The number of hydrogen-bond acceptors (Lipinski definition) is 9. The predicted molar refractivity (Wildman–Crippen MR) is 226 cm³/mol. The molecule has 4 amide bonds. The van der Waals surface area contributed by atoms with Crippen LogP contribution in [0.2, 0.25) is 0 Å². The van der Waals surface area contributed by atoms with Gasteiger partial charge in [0.05, 0.1) is 55.6 Å². The van der Waals surface area contributed by atoms with Crippen molar-refractivity contribution in [3.63, 3.8) is 0 Å². The molecule has 3 aliphatic heterocycles. The number of methoxy groups -OCH3 is 2. The number of alkyl carbamates (subject to hydrolysis) is 2. The Bertz CT molecular complexity index is 2390. The fraction of sp³-hybridized carbons (Fsp3) is 0.467. The normalized spacial score (nSPS) is 21.1. The number of carbonyl (C=O) groups is 4. The van der Waals surface area contributed by atoms with Gasteiger partial charge in [0.1, 0.15) is 29.8 Å². The number of hydrogen-bond donors (Lipinski definition) is 4. The van der Waals surface area contributed by atoms with E-state index >= 15 is 0 Å². The van der Waals surface area contributed by atoms with Crippen molar-refractivity contribution in [2.75, 3.05) is 27.3 Å². The van der Waals surface area contributed by atoms with Gasteiger partial charge in [0.2, 0.25) is 11.8 Å². The number of imidazole rings is 2. The lowest BCUT2D eigenvalue weighted by Crippen LogP contribution is -2.51. The van der Waals surface area contributed by atoms with E-state index in [1.807, 2.05) is 68.1 Å². The molecule has 16 heteroatoms. The molecule has 3 aliphatic rings. The van der Waals surface area contributed by atoms with Gasteiger partial charge in [-0.05, 0) is 55.7 Å². The van der Waals surface area contributed by atoms with Crippen molar-refractivity contribution in [1.29, 1.82) is 0 Å². The number of ether oxygens (including phenoxy) is 3. The lowest BCUT2D eigenvalue weighted by molar-refractivity contribution is -0.136. The maximum Gasteiger partial charge on any atom is 0.407 e. The van der Waals surface area contributed by atoms with Crippen LogP contribution in [0.5, 0.6) is 0 Å². The monoisotopic (exact) mass is 833 g/mol. The van der Waals surface area contributed by atoms with Crippen molar-refractivity contribution in [2.45, 2.75) is 96.3 Å². The Labute approximate surface area is 354 Å². The van der Waals surface area contributed by atoms with Crippen molar-refractivity contribution in [3.05, 3.63) is 95.6 Å². The molecule has 0 saturated carbocycles. The van der Waals surface area contributed by atoms with E-state index in [9.17, 15) is 19.2 Å². The number of rotatable bonds is 11. The Morgan fingerprint density at radius 3 is 2.03 bits per heavy atom. The molecule has 4 N–H and O–H groups in total. The van der Waals surface area contributed by atoms with Crippen molar-refractivity contribution in [2.24, 2.45) is 11.8 Å². The zero-order valence-electron chi connectivity index (χ0n) is 35.5. The number of likely N-dealkylation sites (tertiary alicyclic amines) is 2. The van der Waals surface area contributed by atoms with Crippen LogP contribution in [0.4, 0.5) is 9.59 Å². The summed E-state index contributed by atoms with van der Waals surface area (Å²) in [5.41, 5.74) is 5.75. The largest absolute Gasteiger partial charge is 0.453 e. The number of nitrogens with one attached hydrogen (secondary N) is 4. The predicted octanol–water partition coefficient (Wildman–Crippen LogP) is 6.70. The lowest BCUT2D eigenvalue weighted by atomic mass is 10.0. The first-order valence-corrected chi connectivity index (χ1v) is 21.2. The molecular weight excluding hydrogens is 779 g/mol. The highest BCUT2D eigenvalue weighted by molar-refractivity contribution is 5.88. The fourth-order valence-corrected chi connectivity index (χ4v) is 9.12. The maximum atomic E-state index is 13.8. The molecule has 0 aliphatic carbocycles. The Kier molecular flexibility index (Phi) is 11.9. The summed E-state index contributed by atoms with van der Waals surface area (Å²) < 4.78 is 18.8. The average Bonchev–Trinajstić information content (AvgIpc) is 4.12. The van der Waals surface area contributed by atoms with E-state index in [4.69, 9.17) is 24.2 Å². The first kappa shape index (κ1) is 41.6. The second-order valence-electron chi connectivity index (χ2n) is 16.9. The van der Waals surface area contributed by atoms with Gasteiger partial charge < -0.3 is 49.2 Å². The molecule has 322 valence electrons. The highest BCUT2D eigenvalue weighted by atomic mass is 16.5. The molecule has 16 nitrogen and oxygen atoms in total. The Hall–Kier alpha value is -6.16. The molecule has 2 fully saturated rings. The Morgan fingerprint density at radius 1 is 0.770 bits per heavy atom. The van der Waals surface area contributed by atoms with E-state index < -0.39 is 36.6 Å². The summed E-state index contributed by atoms with van der Waals surface area (Å²) in [4.78, 5) is 72.0. The third-order valence-electron chi connectivity index (χ3n) is 12.3. The summed E-state index contributed by atoms with van der Waals surface area (Å²) in [7, 11) is 2.58. The average molecular weight is 834 g/mol. The van der Waals surface area contributed by atoms with Gasteiger partial charge in [0, 0.05) is 41.7 Å². The number of amides is 4. The molecule has 6 heterocycles. The lowest BCUT2D eigenvalue weighted by Gasteiger charge is -2.33. The SMILES string of the molecule is COC(=O)NC(C(=O)N1CCC[C@H]1c1cnc(C2Cc3cc4cc(-c5cnc([C@@H]6CCCN6C(=O)C(NC(=O)OC)C(C)C)[nH]5)ccc4n3[C@H](c3ccccc3)O2)[nH]1)C(C)C. The number of fused-ring (bicyclic) bond motifs is 3. The second kappa shape index (κ2) is 17.4. The molecule has 2 aromatic carbocycles. The highest BCUT2D eigenvalue weighted by Crippen LogP contribution is 2.42. The zero-order valence-corrected chi connectivity index (χ0v) is 35.5. The molecule has 8 rings (SSSR count). The summed E-state index contributed by atoms with van der Waals surface area (Å²) in [5.74, 6) is 0.844. The smallest absolute Gasteiger partial charge is 0.407 e. The minimum Gasteiger partial charge on any atom is -0.453 e. The van der Waals surface area contributed by atoms with Crippen molar-refractivity contribution in [1.82, 2.24) is 44.9 Å². The van der Waals surface area contributed by atoms with Crippen LogP contribution in [-0.2, 0) is 30.2 Å². The number of aromatic amines is 2. The van der Waals surface area contributed by atoms with Crippen molar-refractivity contribution >= 4 is 34.9 Å². The molecular formula is C45H55N9O7. The summed E-state index contributed by atoms with van der Waals surface area (Å²) in [6.07, 6.45) is 5.29. The minimum atomic E-state index is -0.712. The van der Waals surface area contributed by atoms with E-state index in [0.717, 1.165) is 64.8 Å². The van der Waals surface area contributed by atoms with Crippen LogP contribution >= 0.6 is 0 Å². The number of aromatic nitrogens is 5. The fourth-order valence-electron chi connectivity index (χ4n) is 9.12. The first-order chi connectivity index (χ1) is 29.4. The first-order valence-electron chi connectivity index (χ1n) is 21.2. The maximum absolute atomic E-state index is 13.8. The van der Waals surface area contributed by atoms with Crippen molar-refractivity contribution in [3.8, 4) is 11.3 Å². The molecule has 0 spiro atoms. The van der Waals surface area contributed by atoms with Gasteiger partial charge in [0.15, 0.2) is 6.23 Å². The Balaban J connectivity index is 1.05. The van der Waals surface area contributed by atoms with Gasteiger partial charge in [-0.25, -0.2) is 19.6 Å². The quantitative estimate of drug-likeness (QED) is 0.112. The number of H-pyrrole nitrogens is 2. The van der Waals surface area contributed by atoms with E-state index in [1.54, 1.807) is 0 Å². The van der Waals surface area contributed by atoms with Crippen LogP contribution in [0.1, 0.15) is 106 Å². The molecule has 5 aromatic rings. The third kappa shape index (κ3) is 8.20. The van der Waals surface area contributed by atoms with E-state index in [0.29, 0.717) is 31.2 Å². The minimum absolute atomic E-state index is 0.124. The van der Waals surface area contributed by atoms with Gasteiger partial charge in [-0.1, -0.05) is 64.1 Å². The topological polar surface area (TPSA) is 189 Å². The van der Waals surface area contributed by atoms with E-state index in [2.05, 4.69) is 61.6 Å². The summed E-state index contributed by atoms with van der Waals surface area (Å²) in [6.45, 7) is 8.77. The van der Waals surface area contributed by atoms with Gasteiger partial charge in [-0.15, -0.1) is 0 Å². The summed E-state index contributed by atoms with van der Waals surface area (Å²) in [5, 5.41) is 6.48. The van der Waals surface area contributed by atoms with Crippen LogP contribution in [0.3, 0.4) is 0 Å². The number of nitrogens with zero attached hydrogens (tertiary/aromatic N) is 5. The van der Waals surface area contributed by atoms with Crippen LogP contribution in [0.15, 0.2) is 67.0 Å². The summed E-state index contributed by atoms with van der Waals surface area (Å²) >= 11 is 0. The molecule has 61 heavy (non-hydrogen) atoms. The highest BCUT2D eigenvalue weighted by Gasteiger charge is 2.40. The second-order valence-corrected chi connectivity index (χ2v) is 16.9. The third-order valence-corrected chi connectivity index (χ3v) is 12.3. The molecule has 3 unspecified atom stereocenters. The number of benzene rings is 2. The molecule has 0 bridgehead atoms. The van der Waals surface area contributed by atoms with Crippen LogP contribution in [0, 0.1) is 11.8 Å². The van der Waals surface area contributed by atoms with Crippen LogP contribution in [0.25, 0.3) is 22.2 Å². The number of carbonyl (C=O) groups excluding carboxylic acids is 4. The molecule has 2 saturated heterocycles.